The first-order valence-electron chi connectivity index (χ1n) is 7.78. The second kappa shape index (κ2) is 7.27. The van der Waals surface area contributed by atoms with Crippen LogP contribution in [0.15, 0.2) is 41.0 Å². The number of nitrogens with zero attached hydrogens (tertiary/aromatic N) is 1. The predicted molar refractivity (Wildman–Crippen MR) is 89.6 cm³/mol. The molecule has 0 fully saturated rings. The van der Waals surface area contributed by atoms with Crippen molar-refractivity contribution in [1.29, 1.82) is 0 Å². The first kappa shape index (κ1) is 16.2. The summed E-state index contributed by atoms with van der Waals surface area (Å²) in [5.41, 5.74) is 0.587. The maximum atomic E-state index is 12.2. The summed E-state index contributed by atoms with van der Waals surface area (Å²) in [4.78, 5) is 14.2. The standard InChI is InChI=1S/C17H21N3O4/c1-20(2)13(14-7-4-8-22-14)11-18-17(21)19-12-5-3-6-15-16(12)24-10-9-23-15/h3-8,13H,9-11H2,1-2H3,(H2,18,19,21). The fourth-order valence-electron chi connectivity index (χ4n) is 2.55. The highest BCUT2D eigenvalue weighted by molar-refractivity contribution is 5.91. The highest BCUT2D eigenvalue weighted by atomic mass is 16.6. The van der Waals surface area contributed by atoms with Crippen molar-refractivity contribution >= 4 is 11.7 Å². The summed E-state index contributed by atoms with van der Waals surface area (Å²) in [6, 6.07) is 8.78. The van der Waals surface area contributed by atoms with Crippen LogP contribution < -0.4 is 20.1 Å². The predicted octanol–water partition coefficient (Wildman–Crippen LogP) is 2.48. The van der Waals surface area contributed by atoms with Crippen LogP contribution in [0, 0.1) is 0 Å². The van der Waals surface area contributed by atoms with Gasteiger partial charge >= 0.3 is 6.03 Å². The average molecular weight is 331 g/mol. The van der Waals surface area contributed by atoms with Gasteiger partial charge in [-0.15, -0.1) is 0 Å². The van der Waals surface area contributed by atoms with Gasteiger partial charge in [-0.1, -0.05) is 6.07 Å². The third kappa shape index (κ3) is 3.62. The van der Waals surface area contributed by atoms with E-state index in [1.807, 2.05) is 43.3 Å². The molecule has 2 amide bonds. The molecular weight excluding hydrogens is 310 g/mol. The van der Waals surface area contributed by atoms with E-state index in [2.05, 4.69) is 10.6 Å². The summed E-state index contributed by atoms with van der Waals surface area (Å²) in [5, 5.41) is 5.67. The Morgan fingerprint density at radius 2 is 2.04 bits per heavy atom. The van der Waals surface area contributed by atoms with Crippen LogP contribution in [0.2, 0.25) is 0 Å². The number of anilines is 1. The van der Waals surface area contributed by atoms with Gasteiger partial charge in [-0.25, -0.2) is 4.79 Å². The Bertz CT molecular complexity index is 685. The SMILES string of the molecule is CN(C)C(CNC(=O)Nc1cccc2c1OCCO2)c1ccco1. The number of furan rings is 1. The third-order valence-electron chi connectivity index (χ3n) is 3.77. The van der Waals surface area contributed by atoms with Crippen molar-refractivity contribution in [2.45, 2.75) is 6.04 Å². The van der Waals surface area contributed by atoms with Gasteiger partial charge < -0.3 is 24.5 Å². The Hall–Kier alpha value is -2.67. The zero-order valence-corrected chi connectivity index (χ0v) is 13.7. The molecule has 128 valence electrons. The van der Waals surface area contributed by atoms with E-state index < -0.39 is 0 Å². The van der Waals surface area contributed by atoms with Crippen LogP contribution in [0.5, 0.6) is 11.5 Å². The number of urea groups is 1. The van der Waals surface area contributed by atoms with E-state index in [0.717, 1.165) is 5.76 Å². The van der Waals surface area contributed by atoms with Crippen LogP contribution in [-0.2, 0) is 0 Å². The van der Waals surface area contributed by atoms with Crippen molar-refractivity contribution in [1.82, 2.24) is 10.2 Å². The molecule has 0 saturated carbocycles. The van der Waals surface area contributed by atoms with Crippen molar-refractivity contribution in [2.24, 2.45) is 0 Å². The number of likely N-dealkylation sites (N-methyl/N-ethyl adjacent to an activating group) is 1. The highest BCUT2D eigenvalue weighted by Crippen LogP contribution is 2.37. The molecule has 0 saturated heterocycles. The summed E-state index contributed by atoms with van der Waals surface area (Å²) < 4.78 is 16.5. The van der Waals surface area contributed by atoms with Gasteiger partial charge in [0.25, 0.3) is 0 Å². The molecule has 2 N–H and O–H groups in total. The van der Waals surface area contributed by atoms with Crippen molar-refractivity contribution in [3.05, 3.63) is 42.4 Å². The van der Waals surface area contributed by atoms with E-state index >= 15 is 0 Å². The molecule has 0 aliphatic carbocycles. The number of nitrogens with one attached hydrogen (secondary N) is 2. The third-order valence-corrected chi connectivity index (χ3v) is 3.77. The van der Waals surface area contributed by atoms with E-state index in [9.17, 15) is 4.79 Å². The Morgan fingerprint density at radius 1 is 1.21 bits per heavy atom. The van der Waals surface area contributed by atoms with Crippen LogP contribution >= 0.6 is 0 Å². The number of hydrogen-bond donors (Lipinski definition) is 2. The first-order valence-corrected chi connectivity index (χ1v) is 7.78. The number of rotatable bonds is 5. The molecule has 1 aliphatic rings. The lowest BCUT2D eigenvalue weighted by atomic mass is 10.2. The van der Waals surface area contributed by atoms with Gasteiger partial charge in [0.1, 0.15) is 19.0 Å². The maximum Gasteiger partial charge on any atom is 0.319 e. The van der Waals surface area contributed by atoms with Crippen LogP contribution in [0.4, 0.5) is 10.5 Å². The summed E-state index contributed by atoms with van der Waals surface area (Å²) in [6.07, 6.45) is 1.62. The van der Waals surface area contributed by atoms with E-state index in [-0.39, 0.29) is 12.1 Å². The van der Waals surface area contributed by atoms with Crippen LogP contribution in [-0.4, -0.2) is 44.8 Å². The monoisotopic (exact) mass is 331 g/mol. The van der Waals surface area contributed by atoms with Gasteiger partial charge in [0, 0.05) is 6.54 Å². The molecule has 1 atom stereocenters. The minimum absolute atomic E-state index is 0.0463. The maximum absolute atomic E-state index is 12.2. The van der Waals surface area contributed by atoms with Gasteiger partial charge in [0.15, 0.2) is 11.5 Å². The molecule has 3 rings (SSSR count). The molecule has 0 spiro atoms. The lowest BCUT2D eigenvalue weighted by molar-refractivity contribution is 0.172. The number of benzene rings is 1. The number of para-hydroxylation sites is 1. The lowest BCUT2D eigenvalue weighted by Gasteiger charge is -2.23. The smallest absolute Gasteiger partial charge is 0.319 e. The zero-order chi connectivity index (χ0) is 16.9. The van der Waals surface area contributed by atoms with E-state index in [1.165, 1.54) is 0 Å². The van der Waals surface area contributed by atoms with Gasteiger partial charge in [-0.2, -0.15) is 0 Å². The van der Waals surface area contributed by atoms with Crippen LogP contribution in [0.3, 0.4) is 0 Å². The number of carbonyl (C=O) groups excluding carboxylic acids is 1. The molecule has 1 unspecified atom stereocenters. The molecular formula is C17H21N3O4. The number of fused-ring (bicyclic) bond motifs is 1. The molecule has 1 aromatic carbocycles. The topological polar surface area (TPSA) is 76.0 Å². The molecule has 24 heavy (non-hydrogen) atoms. The first-order chi connectivity index (χ1) is 11.6. The van der Waals surface area contributed by atoms with E-state index in [0.29, 0.717) is 36.9 Å². The Kier molecular flexibility index (Phi) is 4.90. The minimum atomic E-state index is -0.309. The second-order valence-electron chi connectivity index (χ2n) is 5.66. The molecule has 0 radical (unpaired) electrons. The van der Waals surface area contributed by atoms with E-state index in [4.69, 9.17) is 13.9 Å². The van der Waals surface area contributed by atoms with Gasteiger partial charge in [-0.05, 0) is 38.4 Å². The van der Waals surface area contributed by atoms with Crippen LogP contribution in [0.1, 0.15) is 11.8 Å². The summed E-state index contributed by atoms with van der Waals surface area (Å²) >= 11 is 0. The fourth-order valence-corrected chi connectivity index (χ4v) is 2.55. The fraction of sp³-hybridized carbons (Fsp3) is 0.353. The van der Waals surface area contributed by atoms with Gasteiger partial charge in [0.05, 0.1) is 18.0 Å². The number of hydrogen-bond acceptors (Lipinski definition) is 5. The highest BCUT2D eigenvalue weighted by Gasteiger charge is 2.20. The van der Waals surface area contributed by atoms with Gasteiger partial charge in [-0.3, -0.25) is 4.90 Å². The number of ether oxygens (including phenoxy) is 2. The summed E-state index contributed by atoms with van der Waals surface area (Å²) in [6.45, 7) is 1.39. The quantitative estimate of drug-likeness (QED) is 0.880. The molecule has 2 aromatic rings. The number of carbonyl (C=O) groups is 1. The molecule has 0 bridgehead atoms. The van der Waals surface area contributed by atoms with Crippen molar-refractivity contribution in [2.75, 3.05) is 39.2 Å². The van der Waals surface area contributed by atoms with Crippen molar-refractivity contribution in [3.8, 4) is 11.5 Å². The van der Waals surface area contributed by atoms with Crippen LogP contribution in [0.25, 0.3) is 0 Å². The lowest BCUT2D eigenvalue weighted by Crippen LogP contribution is -2.36. The van der Waals surface area contributed by atoms with Crippen molar-refractivity contribution < 1.29 is 18.7 Å². The average Bonchev–Trinajstić information content (AvgIpc) is 3.09. The molecule has 1 aliphatic heterocycles. The zero-order valence-electron chi connectivity index (χ0n) is 13.7. The molecule has 2 heterocycles. The normalized spacial score (nSPS) is 14.3. The molecule has 1 aromatic heterocycles. The number of amides is 2. The molecule has 7 heteroatoms. The van der Waals surface area contributed by atoms with Gasteiger partial charge in [0.2, 0.25) is 0 Å². The molecule has 7 nitrogen and oxygen atoms in total. The van der Waals surface area contributed by atoms with Crippen molar-refractivity contribution in [3.63, 3.8) is 0 Å². The Balaban J connectivity index is 1.62. The summed E-state index contributed by atoms with van der Waals surface area (Å²) in [5.74, 6) is 2.00. The van der Waals surface area contributed by atoms with E-state index in [1.54, 1.807) is 12.3 Å². The Labute approximate surface area is 140 Å². The minimum Gasteiger partial charge on any atom is -0.486 e. The summed E-state index contributed by atoms with van der Waals surface area (Å²) in [7, 11) is 3.87. The second-order valence-corrected chi connectivity index (χ2v) is 5.66. The largest absolute Gasteiger partial charge is 0.486 e. The Morgan fingerprint density at radius 3 is 2.79 bits per heavy atom.